The molecule has 10 heteroatoms. The molecule has 2 heterocycles. The van der Waals surface area contributed by atoms with Gasteiger partial charge < -0.3 is 4.57 Å². The smallest absolute Gasteiger partial charge is 0.243 e. The summed E-state index contributed by atoms with van der Waals surface area (Å²) in [5, 5.41) is 0. The highest BCUT2D eigenvalue weighted by Gasteiger charge is 2.27. The normalized spacial score (nSPS) is 14.9. The Bertz CT molecular complexity index is 1030. The van der Waals surface area contributed by atoms with E-state index in [0.717, 1.165) is 43.6 Å². The van der Waals surface area contributed by atoms with Crippen molar-refractivity contribution in [1.82, 2.24) is 24.7 Å². The number of benzene rings is 1. The van der Waals surface area contributed by atoms with Crippen molar-refractivity contribution in [3.8, 4) is 0 Å². The highest BCUT2D eigenvalue weighted by molar-refractivity contribution is 7.89. The van der Waals surface area contributed by atoms with Gasteiger partial charge in [0.25, 0.3) is 0 Å². The lowest BCUT2D eigenvalue weighted by atomic mass is 10.2. The van der Waals surface area contributed by atoms with Crippen LogP contribution in [-0.4, -0.2) is 47.2 Å². The van der Waals surface area contributed by atoms with E-state index in [4.69, 9.17) is 0 Å². The molecular weight excluding hydrogens is 406 g/mol. The lowest BCUT2D eigenvalue weighted by Crippen LogP contribution is -2.40. The summed E-state index contributed by atoms with van der Waals surface area (Å²) in [5.41, 5.74) is 6.10. The third kappa shape index (κ3) is 4.99. The van der Waals surface area contributed by atoms with Crippen LogP contribution in [0.25, 0.3) is 11.0 Å². The monoisotopic (exact) mass is 435 g/mol. The van der Waals surface area contributed by atoms with Crippen LogP contribution >= 0.6 is 0 Å². The van der Waals surface area contributed by atoms with Crippen molar-refractivity contribution < 1.29 is 18.0 Å². The molecule has 2 N–H and O–H groups in total. The number of carbonyl (C=O) groups excluding carboxylic acids is 2. The molecule has 0 spiro atoms. The van der Waals surface area contributed by atoms with Crippen molar-refractivity contribution >= 4 is 32.9 Å². The van der Waals surface area contributed by atoms with Crippen LogP contribution in [-0.2, 0) is 32.6 Å². The third-order valence-corrected chi connectivity index (χ3v) is 7.09. The van der Waals surface area contributed by atoms with Gasteiger partial charge in [-0.15, -0.1) is 0 Å². The van der Waals surface area contributed by atoms with Crippen LogP contribution in [0.5, 0.6) is 0 Å². The molecule has 0 bridgehead atoms. The summed E-state index contributed by atoms with van der Waals surface area (Å²) in [6.07, 6.45) is 4.27. The molecule has 0 radical (unpaired) electrons. The second-order valence-electron chi connectivity index (χ2n) is 7.52. The summed E-state index contributed by atoms with van der Waals surface area (Å²) in [6.45, 7) is 5.27. The van der Waals surface area contributed by atoms with Gasteiger partial charge in [-0.1, -0.05) is 13.3 Å². The topological polar surface area (TPSA) is 113 Å². The van der Waals surface area contributed by atoms with Crippen LogP contribution < -0.4 is 10.9 Å². The number of rotatable bonds is 8. The molecular formula is C20H29N5O4S. The quantitative estimate of drug-likeness (QED) is 0.613. The van der Waals surface area contributed by atoms with Crippen LogP contribution in [0.3, 0.4) is 0 Å². The van der Waals surface area contributed by atoms with E-state index in [1.54, 1.807) is 12.1 Å². The largest absolute Gasteiger partial charge is 0.328 e. The van der Waals surface area contributed by atoms with Crippen molar-refractivity contribution in [3.05, 3.63) is 24.0 Å². The number of amides is 2. The molecule has 1 aromatic carbocycles. The van der Waals surface area contributed by atoms with Crippen molar-refractivity contribution in [2.24, 2.45) is 0 Å². The van der Waals surface area contributed by atoms with Gasteiger partial charge in [-0.2, -0.15) is 4.31 Å². The first-order chi connectivity index (χ1) is 14.3. The van der Waals surface area contributed by atoms with Crippen molar-refractivity contribution in [3.63, 3.8) is 0 Å². The molecule has 2 amide bonds. The Kier molecular flexibility index (Phi) is 7.09. The number of unbranched alkanes of at least 4 members (excludes halogenated alkanes) is 1. The zero-order valence-corrected chi connectivity index (χ0v) is 18.3. The molecule has 164 valence electrons. The number of hydrogen-bond donors (Lipinski definition) is 2. The minimum absolute atomic E-state index is 0.161. The molecule has 9 nitrogen and oxygen atoms in total. The van der Waals surface area contributed by atoms with Crippen LogP contribution in [0.4, 0.5) is 0 Å². The van der Waals surface area contributed by atoms with E-state index in [1.807, 2.05) is 6.07 Å². The number of aryl methyl sites for hydroxylation is 2. The molecule has 0 aliphatic carbocycles. The maximum absolute atomic E-state index is 12.9. The Hall–Kier alpha value is -2.46. The predicted octanol–water partition coefficient (Wildman–Crippen LogP) is 1.72. The number of nitrogens with one attached hydrogen (secondary N) is 2. The fourth-order valence-electron chi connectivity index (χ4n) is 3.60. The molecule has 1 aliphatic heterocycles. The summed E-state index contributed by atoms with van der Waals surface area (Å²) in [6, 6.07) is 5.08. The summed E-state index contributed by atoms with van der Waals surface area (Å²) in [4.78, 5) is 27.8. The fourth-order valence-corrected chi connectivity index (χ4v) is 5.14. The van der Waals surface area contributed by atoms with Crippen molar-refractivity contribution in [2.75, 3.05) is 13.1 Å². The molecule has 1 aliphatic rings. The first-order valence-electron chi connectivity index (χ1n) is 10.4. The van der Waals surface area contributed by atoms with Gasteiger partial charge in [0.05, 0.1) is 15.9 Å². The first-order valence-corrected chi connectivity index (χ1v) is 11.8. The predicted molar refractivity (Wildman–Crippen MR) is 113 cm³/mol. The Morgan fingerprint density at radius 2 is 1.90 bits per heavy atom. The van der Waals surface area contributed by atoms with Crippen LogP contribution in [0.2, 0.25) is 0 Å². The van der Waals surface area contributed by atoms with Crippen LogP contribution in [0.1, 0.15) is 51.8 Å². The molecule has 2 aromatic rings. The maximum atomic E-state index is 12.9. The first kappa shape index (κ1) is 22.2. The van der Waals surface area contributed by atoms with E-state index in [-0.39, 0.29) is 23.1 Å². The van der Waals surface area contributed by atoms with Gasteiger partial charge in [0.2, 0.25) is 21.8 Å². The van der Waals surface area contributed by atoms with E-state index in [2.05, 4.69) is 27.3 Å². The number of hydrazine groups is 1. The van der Waals surface area contributed by atoms with Gasteiger partial charge in [0.15, 0.2) is 0 Å². The Morgan fingerprint density at radius 3 is 2.57 bits per heavy atom. The number of hydrogen-bond acceptors (Lipinski definition) is 5. The number of sulfonamides is 1. The molecule has 30 heavy (non-hydrogen) atoms. The van der Waals surface area contributed by atoms with Crippen LogP contribution in [0.15, 0.2) is 23.1 Å². The minimum atomic E-state index is -3.51. The maximum Gasteiger partial charge on any atom is 0.243 e. The van der Waals surface area contributed by atoms with Crippen LogP contribution in [0, 0.1) is 0 Å². The van der Waals surface area contributed by atoms with E-state index >= 15 is 0 Å². The second kappa shape index (κ2) is 9.57. The summed E-state index contributed by atoms with van der Waals surface area (Å²) in [7, 11) is -3.51. The molecule has 1 saturated heterocycles. The Labute approximate surface area is 176 Å². The lowest BCUT2D eigenvalue weighted by molar-refractivity contribution is -0.127. The number of nitrogens with zero attached hydrogens (tertiary/aromatic N) is 3. The van der Waals surface area contributed by atoms with Gasteiger partial charge in [0.1, 0.15) is 5.82 Å². The fraction of sp³-hybridized carbons (Fsp3) is 0.550. The van der Waals surface area contributed by atoms with E-state index < -0.39 is 10.0 Å². The van der Waals surface area contributed by atoms with E-state index in [9.17, 15) is 18.0 Å². The molecule has 0 saturated carbocycles. The van der Waals surface area contributed by atoms with Gasteiger partial charge in [-0.3, -0.25) is 20.4 Å². The van der Waals surface area contributed by atoms with Crippen molar-refractivity contribution in [1.29, 1.82) is 0 Å². The SMILES string of the molecule is CCCCn1c(CCC(=O)NNC(C)=O)nc2cc(S(=O)(=O)N3CCCC3)ccc21. The third-order valence-electron chi connectivity index (χ3n) is 5.19. The van der Waals surface area contributed by atoms with E-state index in [0.29, 0.717) is 25.0 Å². The Balaban J connectivity index is 1.86. The highest BCUT2D eigenvalue weighted by atomic mass is 32.2. The van der Waals surface area contributed by atoms with E-state index in [1.165, 1.54) is 11.2 Å². The number of carbonyl (C=O) groups is 2. The number of aromatic nitrogens is 2. The summed E-state index contributed by atoms with van der Waals surface area (Å²) >= 11 is 0. The van der Waals surface area contributed by atoms with Gasteiger partial charge >= 0.3 is 0 Å². The molecule has 0 atom stereocenters. The molecule has 3 rings (SSSR count). The number of imidazole rings is 1. The molecule has 0 unspecified atom stereocenters. The zero-order valence-electron chi connectivity index (χ0n) is 17.5. The molecule has 1 fully saturated rings. The average Bonchev–Trinajstić information content (AvgIpc) is 3.37. The number of fused-ring (bicyclic) bond motifs is 1. The zero-order chi connectivity index (χ0) is 21.7. The van der Waals surface area contributed by atoms with Gasteiger partial charge in [-0.25, -0.2) is 13.4 Å². The minimum Gasteiger partial charge on any atom is -0.328 e. The van der Waals surface area contributed by atoms with Crippen molar-refractivity contribution in [2.45, 2.75) is 63.8 Å². The summed E-state index contributed by atoms with van der Waals surface area (Å²) < 4.78 is 29.4. The average molecular weight is 436 g/mol. The van der Waals surface area contributed by atoms with Gasteiger partial charge in [0, 0.05) is 39.4 Å². The van der Waals surface area contributed by atoms with Gasteiger partial charge in [-0.05, 0) is 37.5 Å². The lowest BCUT2D eigenvalue weighted by Gasteiger charge is -2.15. The molecule has 1 aromatic heterocycles. The summed E-state index contributed by atoms with van der Waals surface area (Å²) in [5.74, 6) is 0.0778. The second-order valence-corrected chi connectivity index (χ2v) is 9.46. The standard InChI is InChI=1S/C20H29N5O4S/c1-3-4-13-25-18-8-7-16(30(28,29)24-11-5-6-12-24)14-17(18)21-19(25)9-10-20(27)23-22-15(2)26/h7-8,14H,3-6,9-13H2,1-2H3,(H,22,26)(H,23,27). The Morgan fingerprint density at radius 1 is 1.17 bits per heavy atom. The highest BCUT2D eigenvalue weighted by Crippen LogP contribution is 2.26.